The molecule has 0 spiro atoms. The Balaban J connectivity index is 1.29. The largest absolute Gasteiger partial charge is 0.399 e. The predicted octanol–water partition coefficient (Wildman–Crippen LogP) is 2.37. The molecule has 212 valence electrons. The number of hydrogen-bond acceptors (Lipinski definition) is 10. The topological polar surface area (TPSA) is 152 Å². The molecule has 4 amide bonds. The standard InChI is InChI=1S/C27H34N6O6Si/c1-40(2,3)13-12-38-16-32-22(34)10-9-20(26(32)36)33-25(35)19-8-5-11-31(23(19)27(33)37)15-21-29-24(30-39-21)17-6-4-7-18(28)14-17/h4,6-7,14,20H,5,8-13,15-16,28H2,1-3H3. The minimum absolute atomic E-state index is 0.0496. The molecular weight excluding hydrogens is 532 g/mol. The molecule has 13 heteroatoms. The first kappa shape index (κ1) is 27.7. The Kier molecular flexibility index (Phi) is 7.60. The Bertz CT molecular complexity index is 1380. The third-order valence-electron chi connectivity index (χ3n) is 7.31. The number of nitrogens with two attached hydrogens (primary N) is 1. The van der Waals surface area contributed by atoms with Gasteiger partial charge in [0.2, 0.25) is 17.6 Å². The Morgan fingerprint density at radius 3 is 2.67 bits per heavy atom. The summed E-state index contributed by atoms with van der Waals surface area (Å²) in [6.45, 7) is 7.54. The average molecular weight is 567 g/mol. The number of aromatic nitrogens is 2. The van der Waals surface area contributed by atoms with Crippen molar-refractivity contribution in [1.29, 1.82) is 0 Å². The number of imide groups is 2. The number of anilines is 1. The van der Waals surface area contributed by atoms with Crippen molar-refractivity contribution in [3.63, 3.8) is 0 Å². The van der Waals surface area contributed by atoms with E-state index >= 15 is 0 Å². The van der Waals surface area contributed by atoms with Crippen LogP contribution < -0.4 is 5.73 Å². The van der Waals surface area contributed by atoms with Crippen molar-refractivity contribution in [3.05, 3.63) is 41.4 Å². The van der Waals surface area contributed by atoms with Crippen LogP contribution >= 0.6 is 0 Å². The number of benzene rings is 1. The van der Waals surface area contributed by atoms with E-state index in [1.165, 1.54) is 0 Å². The molecule has 1 aromatic heterocycles. The Morgan fingerprint density at radius 1 is 1.12 bits per heavy atom. The third kappa shape index (κ3) is 5.56. The fraction of sp³-hybridized carbons (Fsp3) is 0.481. The quantitative estimate of drug-likeness (QED) is 0.207. The number of amides is 4. The number of ether oxygens (including phenoxy) is 1. The average Bonchev–Trinajstić information content (AvgIpc) is 3.46. The molecule has 3 aliphatic heterocycles. The Hall–Kier alpha value is -3.84. The lowest BCUT2D eigenvalue weighted by atomic mass is 10.0. The van der Waals surface area contributed by atoms with Gasteiger partial charge >= 0.3 is 0 Å². The Labute approximate surface area is 233 Å². The monoisotopic (exact) mass is 566 g/mol. The van der Waals surface area contributed by atoms with E-state index in [-0.39, 0.29) is 43.6 Å². The Morgan fingerprint density at radius 2 is 1.93 bits per heavy atom. The van der Waals surface area contributed by atoms with Crippen molar-refractivity contribution in [2.75, 3.05) is 25.6 Å². The fourth-order valence-corrected chi connectivity index (χ4v) is 5.90. The first-order valence-corrected chi connectivity index (χ1v) is 17.2. The van der Waals surface area contributed by atoms with Gasteiger partial charge < -0.3 is 19.9 Å². The van der Waals surface area contributed by atoms with E-state index in [0.717, 1.165) is 15.8 Å². The summed E-state index contributed by atoms with van der Waals surface area (Å²) < 4.78 is 11.1. The molecule has 1 saturated heterocycles. The number of likely N-dealkylation sites (tertiary alicyclic amines) is 1. The zero-order valence-electron chi connectivity index (χ0n) is 23.0. The molecule has 1 atom stereocenters. The van der Waals surface area contributed by atoms with Crippen LogP contribution in [-0.4, -0.2) is 82.5 Å². The molecule has 0 saturated carbocycles. The summed E-state index contributed by atoms with van der Waals surface area (Å²) in [7, 11) is -1.34. The molecule has 1 fully saturated rings. The maximum atomic E-state index is 13.7. The third-order valence-corrected chi connectivity index (χ3v) is 9.01. The highest BCUT2D eigenvalue weighted by Crippen LogP contribution is 2.35. The summed E-state index contributed by atoms with van der Waals surface area (Å²) >= 11 is 0. The first-order chi connectivity index (χ1) is 19.0. The van der Waals surface area contributed by atoms with Crippen molar-refractivity contribution >= 4 is 37.4 Å². The van der Waals surface area contributed by atoms with Gasteiger partial charge in [0.25, 0.3) is 17.7 Å². The smallest absolute Gasteiger partial charge is 0.278 e. The second kappa shape index (κ2) is 11.0. The van der Waals surface area contributed by atoms with Crippen LogP contribution in [0, 0.1) is 0 Å². The highest BCUT2D eigenvalue weighted by Gasteiger charge is 2.50. The van der Waals surface area contributed by atoms with Gasteiger partial charge in [0.1, 0.15) is 18.5 Å². The van der Waals surface area contributed by atoms with Crippen molar-refractivity contribution in [2.24, 2.45) is 0 Å². The molecule has 1 unspecified atom stereocenters. The van der Waals surface area contributed by atoms with E-state index in [1.54, 1.807) is 23.1 Å². The fourth-order valence-electron chi connectivity index (χ4n) is 5.14. The summed E-state index contributed by atoms with van der Waals surface area (Å²) in [6.07, 6.45) is 1.22. The summed E-state index contributed by atoms with van der Waals surface area (Å²) in [5.41, 5.74) is 7.75. The van der Waals surface area contributed by atoms with Crippen molar-refractivity contribution in [1.82, 2.24) is 24.8 Å². The minimum Gasteiger partial charge on any atom is -0.399 e. The molecular formula is C27H34N6O6Si. The maximum Gasteiger partial charge on any atom is 0.278 e. The van der Waals surface area contributed by atoms with Crippen LogP contribution in [0.5, 0.6) is 0 Å². The van der Waals surface area contributed by atoms with Gasteiger partial charge in [-0.2, -0.15) is 4.98 Å². The SMILES string of the molecule is C[Si](C)(C)CCOCN1C(=O)CCC(N2C(=O)C3=C(C2=O)N(Cc2nc(-c4cccc(N)c4)no2)CCC3)C1=O. The molecule has 2 aromatic rings. The number of carbonyl (C=O) groups is 4. The van der Waals surface area contributed by atoms with Crippen molar-refractivity contribution in [3.8, 4) is 11.4 Å². The molecule has 12 nitrogen and oxygen atoms in total. The van der Waals surface area contributed by atoms with Gasteiger partial charge in [-0.3, -0.25) is 29.0 Å². The van der Waals surface area contributed by atoms with E-state index in [2.05, 4.69) is 29.8 Å². The van der Waals surface area contributed by atoms with Crippen LogP contribution in [0.25, 0.3) is 11.4 Å². The van der Waals surface area contributed by atoms with Crippen LogP contribution in [-0.2, 0) is 30.5 Å². The highest BCUT2D eigenvalue weighted by atomic mass is 28.3. The van der Waals surface area contributed by atoms with E-state index in [0.29, 0.717) is 48.6 Å². The normalized spacial score (nSPS) is 20.2. The van der Waals surface area contributed by atoms with E-state index in [9.17, 15) is 19.2 Å². The molecule has 1 aromatic carbocycles. The number of piperidine rings is 1. The highest BCUT2D eigenvalue weighted by molar-refractivity contribution is 6.76. The molecule has 3 aliphatic rings. The van der Waals surface area contributed by atoms with Crippen LogP contribution in [0.1, 0.15) is 31.6 Å². The van der Waals surface area contributed by atoms with E-state index in [1.807, 2.05) is 6.07 Å². The van der Waals surface area contributed by atoms with Gasteiger partial charge in [0.15, 0.2) is 0 Å². The molecule has 40 heavy (non-hydrogen) atoms. The second-order valence-electron chi connectivity index (χ2n) is 11.5. The molecule has 2 N–H and O–H groups in total. The zero-order valence-corrected chi connectivity index (χ0v) is 24.0. The van der Waals surface area contributed by atoms with Crippen LogP contribution in [0.15, 0.2) is 40.1 Å². The van der Waals surface area contributed by atoms with Gasteiger partial charge in [-0.05, 0) is 37.4 Å². The zero-order chi connectivity index (χ0) is 28.6. The maximum absolute atomic E-state index is 13.7. The minimum atomic E-state index is -1.34. The lowest BCUT2D eigenvalue weighted by molar-refractivity contribution is -0.164. The van der Waals surface area contributed by atoms with Gasteiger partial charge in [-0.1, -0.05) is 36.9 Å². The molecule has 5 rings (SSSR count). The molecule has 4 heterocycles. The second-order valence-corrected chi connectivity index (χ2v) is 17.2. The molecule has 0 aliphatic carbocycles. The van der Waals surface area contributed by atoms with Gasteiger partial charge in [-0.25, -0.2) is 0 Å². The first-order valence-electron chi connectivity index (χ1n) is 13.5. The number of rotatable bonds is 9. The van der Waals surface area contributed by atoms with Crippen molar-refractivity contribution < 1.29 is 28.4 Å². The molecule has 0 radical (unpaired) electrons. The number of hydrogen-bond donors (Lipinski definition) is 1. The van der Waals surface area contributed by atoms with Gasteiger partial charge in [0.05, 0.1) is 6.54 Å². The number of carbonyl (C=O) groups excluding carboxylic acids is 4. The lowest BCUT2D eigenvalue weighted by Gasteiger charge is -2.34. The number of nitrogens with zero attached hydrogens (tertiary/aromatic N) is 5. The van der Waals surface area contributed by atoms with Gasteiger partial charge in [-0.15, -0.1) is 0 Å². The van der Waals surface area contributed by atoms with E-state index in [4.69, 9.17) is 15.0 Å². The predicted molar refractivity (Wildman–Crippen MR) is 147 cm³/mol. The van der Waals surface area contributed by atoms with Crippen LogP contribution in [0.2, 0.25) is 25.7 Å². The molecule has 0 bridgehead atoms. The summed E-state index contributed by atoms with van der Waals surface area (Å²) in [5.74, 6) is -1.31. The summed E-state index contributed by atoms with van der Waals surface area (Å²) in [6, 6.07) is 6.94. The van der Waals surface area contributed by atoms with Crippen molar-refractivity contribution in [2.45, 2.75) is 64.0 Å². The summed E-state index contributed by atoms with van der Waals surface area (Å²) in [4.78, 5) is 61.3. The van der Waals surface area contributed by atoms with Gasteiger partial charge in [0, 0.05) is 44.5 Å². The van der Waals surface area contributed by atoms with Crippen LogP contribution in [0.3, 0.4) is 0 Å². The van der Waals surface area contributed by atoms with E-state index < -0.39 is 31.8 Å². The number of nitrogen functional groups attached to an aromatic ring is 1. The lowest BCUT2D eigenvalue weighted by Crippen LogP contribution is -2.57. The van der Waals surface area contributed by atoms with Crippen LogP contribution in [0.4, 0.5) is 5.69 Å². The summed E-state index contributed by atoms with van der Waals surface area (Å²) in [5, 5.41) is 4.03.